The number of hydrogen-bond acceptors (Lipinski definition) is 5. The highest BCUT2D eigenvalue weighted by atomic mass is 19.4. The van der Waals surface area contributed by atoms with Crippen molar-refractivity contribution in [1.29, 1.82) is 0 Å². The largest absolute Gasteiger partial charge is 0.417 e. The first-order chi connectivity index (χ1) is 17.8. The summed E-state index contributed by atoms with van der Waals surface area (Å²) < 4.78 is 59.6. The van der Waals surface area contributed by atoms with Crippen LogP contribution in [0.25, 0.3) is 22.4 Å². The number of pyridine rings is 1. The lowest BCUT2D eigenvalue weighted by atomic mass is 10.1. The standard InChI is InChI=1S/C26H23F4N5O2/c27-18-5-6-20(26(28,29)30)19(13-18)25-32-21-3-1-2-17(24(21)34-25)12-23(36)33-22-7-4-16(14-31-22)15-35-8-10-37-11-9-35/h1-7,13-14H,8-12,15H2,(H,32,34)(H,31,33,36). The number of imidazole rings is 1. The summed E-state index contributed by atoms with van der Waals surface area (Å²) in [5.74, 6) is -0.911. The van der Waals surface area contributed by atoms with Gasteiger partial charge in [-0.2, -0.15) is 13.2 Å². The molecule has 2 aromatic carbocycles. The van der Waals surface area contributed by atoms with E-state index in [4.69, 9.17) is 4.74 Å². The van der Waals surface area contributed by atoms with Crippen LogP contribution in [-0.4, -0.2) is 52.1 Å². The molecule has 2 N–H and O–H groups in total. The number of anilines is 1. The number of rotatable bonds is 6. The third-order valence-electron chi connectivity index (χ3n) is 6.09. The maximum absolute atomic E-state index is 13.8. The van der Waals surface area contributed by atoms with Crippen molar-refractivity contribution in [2.24, 2.45) is 0 Å². The van der Waals surface area contributed by atoms with E-state index in [9.17, 15) is 22.4 Å². The predicted molar refractivity (Wildman–Crippen MR) is 129 cm³/mol. The van der Waals surface area contributed by atoms with Crippen molar-refractivity contribution < 1.29 is 27.1 Å². The zero-order valence-corrected chi connectivity index (χ0v) is 19.6. The number of aromatic amines is 1. The predicted octanol–water partition coefficient (Wildman–Crippen LogP) is 4.80. The molecule has 2 aromatic heterocycles. The number of amides is 1. The highest BCUT2D eigenvalue weighted by Crippen LogP contribution is 2.37. The average Bonchev–Trinajstić information content (AvgIpc) is 3.31. The van der Waals surface area contributed by atoms with Crippen LogP contribution in [0.15, 0.2) is 54.7 Å². The number of morpholine rings is 1. The van der Waals surface area contributed by atoms with Gasteiger partial charge in [-0.05, 0) is 41.5 Å². The van der Waals surface area contributed by atoms with Gasteiger partial charge in [0.05, 0.1) is 36.2 Å². The third kappa shape index (κ3) is 5.78. The number of aromatic nitrogens is 3. The van der Waals surface area contributed by atoms with Gasteiger partial charge in [-0.15, -0.1) is 0 Å². The monoisotopic (exact) mass is 513 g/mol. The zero-order chi connectivity index (χ0) is 26.0. The quantitative estimate of drug-likeness (QED) is 0.362. The number of ether oxygens (including phenoxy) is 1. The van der Waals surface area contributed by atoms with Gasteiger partial charge in [0, 0.05) is 31.4 Å². The molecule has 0 atom stereocenters. The van der Waals surface area contributed by atoms with Crippen LogP contribution in [0.2, 0.25) is 0 Å². The fourth-order valence-electron chi connectivity index (χ4n) is 4.29. The number of carbonyl (C=O) groups is 1. The molecule has 3 heterocycles. The van der Waals surface area contributed by atoms with E-state index in [1.54, 1.807) is 30.5 Å². The Hall–Kier alpha value is -3.83. The van der Waals surface area contributed by atoms with Gasteiger partial charge in [-0.3, -0.25) is 9.69 Å². The molecule has 7 nitrogen and oxygen atoms in total. The van der Waals surface area contributed by atoms with Crippen LogP contribution in [-0.2, 0) is 28.7 Å². The normalized spacial score (nSPS) is 14.7. The summed E-state index contributed by atoms with van der Waals surface area (Å²) in [7, 11) is 0. The number of alkyl halides is 3. The van der Waals surface area contributed by atoms with E-state index in [0.29, 0.717) is 41.7 Å². The molecule has 1 saturated heterocycles. The number of halogens is 4. The fraction of sp³-hybridized carbons (Fsp3) is 0.269. The number of fused-ring (bicyclic) bond motifs is 1. The number of benzene rings is 2. The molecule has 0 radical (unpaired) electrons. The molecule has 1 aliphatic heterocycles. The van der Waals surface area contributed by atoms with E-state index in [1.807, 2.05) is 6.07 Å². The van der Waals surface area contributed by atoms with Gasteiger partial charge in [-0.1, -0.05) is 18.2 Å². The maximum Gasteiger partial charge on any atom is 0.417 e. The van der Waals surface area contributed by atoms with E-state index >= 15 is 0 Å². The van der Waals surface area contributed by atoms with Crippen molar-refractivity contribution in [3.8, 4) is 11.4 Å². The lowest BCUT2D eigenvalue weighted by Crippen LogP contribution is -2.35. The van der Waals surface area contributed by atoms with Crippen LogP contribution < -0.4 is 5.32 Å². The molecule has 4 aromatic rings. The number of H-pyrrole nitrogens is 1. The van der Waals surface area contributed by atoms with Crippen molar-refractivity contribution in [3.63, 3.8) is 0 Å². The zero-order valence-electron chi connectivity index (χ0n) is 19.6. The molecule has 0 spiro atoms. The minimum Gasteiger partial charge on any atom is -0.379 e. The van der Waals surface area contributed by atoms with Crippen molar-refractivity contribution in [2.75, 3.05) is 31.6 Å². The molecule has 5 rings (SSSR count). The average molecular weight is 513 g/mol. The first-order valence-corrected chi connectivity index (χ1v) is 11.7. The van der Waals surface area contributed by atoms with E-state index < -0.39 is 23.1 Å². The molecule has 37 heavy (non-hydrogen) atoms. The molecular weight excluding hydrogens is 490 g/mol. The van der Waals surface area contributed by atoms with Gasteiger partial charge in [0.15, 0.2) is 0 Å². The second kappa shape index (κ2) is 10.3. The SMILES string of the molecule is O=C(Cc1cccc2[nH]c(-c3cc(F)ccc3C(F)(F)F)nc12)Nc1ccc(CN2CCOCC2)cn1. The summed E-state index contributed by atoms with van der Waals surface area (Å²) in [6.45, 7) is 3.87. The van der Waals surface area contributed by atoms with Gasteiger partial charge in [0.1, 0.15) is 17.5 Å². The van der Waals surface area contributed by atoms with E-state index in [1.165, 1.54) is 0 Å². The fourth-order valence-corrected chi connectivity index (χ4v) is 4.29. The molecular formula is C26H23F4N5O2. The summed E-state index contributed by atoms with van der Waals surface area (Å²) in [4.78, 5) is 26.4. The number of hydrogen-bond donors (Lipinski definition) is 2. The highest BCUT2D eigenvalue weighted by Gasteiger charge is 2.34. The Bertz CT molecular complexity index is 1410. The van der Waals surface area contributed by atoms with Crippen LogP contribution in [0.4, 0.5) is 23.4 Å². The van der Waals surface area contributed by atoms with Crippen molar-refractivity contribution in [1.82, 2.24) is 19.9 Å². The summed E-state index contributed by atoms with van der Waals surface area (Å²) in [6.07, 6.45) is -3.05. The van der Waals surface area contributed by atoms with Crippen LogP contribution in [0.5, 0.6) is 0 Å². The highest BCUT2D eigenvalue weighted by molar-refractivity contribution is 5.94. The van der Waals surface area contributed by atoms with Gasteiger partial charge < -0.3 is 15.0 Å². The minimum absolute atomic E-state index is 0.0753. The molecule has 0 saturated carbocycles. The van der Waals surface area contributed by atoms with Gasteiger partial charge in [-0.25, -0.2) is 14.4 Å². The second-order valence-electron chi connectivity index (χ2n) is 8.75. The van der Waals surface area contributed by atoms with E-state index in [2.05, 4.69) is 25.2 Å². The van der Waals surface area contributed by atoms with Gasteiger partial charge in [0.25, 0.3) is 0 Å². The molecule has 192 valence electrons. The summed E-state index contributed by atoms with van der Waals surface area (Å²) in [6, 6.07) is 10.8. The van der Waals surface area contributed by atoms with Crippen molar-refractivity contribution >= 4 is 22.8 Å². The second-order valence-corrected chi connectivity index (χ2v) is 8.75. The van der Waals surface area contributed by atoms with Crippen molar-refractivity contribution in [3.05, 3.63) is 77.2 Å². The van der Waals surface area contributed by atoms with E-state index in [0.717, 1.165) is 37.3 Å². The number of nitrogens with one attached hydrogen (secondary N) is 2. The first-order valence-electron chi connectivity index (χ1n) is 11.7. The number of carbonyl (C=O) groups excluding carboxylic acids is 1. The first kappa shape index (κ1) is 24.8. The Morgan fingerprint density at radius 2 is 1.92 bits per heavy atom. The molecule has 1 aliphatic rings. The Labute approximate surface area is 209 Å². The third-order valence-corrected chi connectivity index (χ3v) is 6.09. The van der Waals surface area contributed by atoms with E-state index in [-0.39, 0.29) is 18.2 Å². The minimum atomic E-state index is -4.69. The van der Waals surface area contributed by atoms with Crippen LogP contribution >= 0.6 is 0 Å². The van der Waals surface area contributed by atoms with Crippen LogP contribution in [0.1, 0.15) is 16.7 Å². The van der Waals surface area contributed by atoms with Gasteiger partial charge >= 0.3 is 6.18 Å². The Kier molecular flexibility index (Phi) is 6.90. The number of nitrogens with zero attached hydrogens (tertiary/aromatic N) is 3. The number of para-hydroxylation sites is 1. The Morgan fingerprint density at radius 3 is 2.65 bits per heavy atom. The molecule has 1 amide bonds. The summed E-state index contributed by atoms with van der Waals surface area (Å²) in [5, 5.41) is 2.74. The summed E-state index contributed by atoms with van der Waals surface area (Å²) in [5.41, 5.74) is 0.883. The van der Waals surface area contributed by atoms with Crippen LogP contribution in [0.3, 0.4) is 0 Å². The molecule has 11 heteroatoms. The van der Waals surface area contributed by atoms with Crippen molar-refractivity contribution in [2.45, 2.75) is 19.1 Å². The molecule has 0 bridgehead atoms. The smallest absolute Gasteiger partial charge is 0.379 e. The molecule has 1 fully saturated rings. The maximum atomic E-state index is 13.8. The van der Waals surface area contributed by atoms with Gasteiger partial charge in [0.2, 0.25) is 5.91 Å². The Morgan fingerprint density at radius 1 is 1.11 bits per heavy atom. The lowest BCUT2D eigenvalue weighted by molar-refractivity contribution is -0.137. The summed E-state index contributed by atoms with van der Waals surface area (Å²) >= 11 is 0. The van der Waals surface area contributed by atoms with Crippen LogP contribution in [0, 0.1) is 5.82 Å². The lowest BCUT2D eigenvalue weighted by Gasteiger charge is -2.26. The Balaban J connectivity index is 1.32. The molecule has 0 aliphatic carbocycles. The topological polar surface area (TPSA) is 83.1 Å². The molecule has 0 unspecified atom stereocenters.